The molecule has 114 valence electrons. The van der Waals surface area contributed by atoms with E-state index in [1.165, 1.54) is 11.3 Å². The normalized spacial score (nSPS) is 12.5. The number of hydrogen-bond acceptors (Lipinski definition) is 3. The Balaban J connectivity index is 1.98. The molecule has 0 saturated heterocycles. The van der Waals surface area contributed by atoms with Gasteiger partial charge in [0.15, 0.2) is 0 Å². The Morgan fingerprint density at radius 3 is 2.62 bits per heavy atom. The topological polar surface area (TPSA) is 55.9 Å². The molecule has 1 aromatic carbocycles. The number of nitrogens with two attached hydrogens (primary N) is 1. The van der Waals surface area contributed by atoms with Gasteiger partial charge < -0.3 is 0 Å². The first kappa shape index (κ1) is 15.7. The summed E-state index contributed by atoms with van der Waals surface area (Å²) in [5, 5.41) is 4.60. The highest BCUT2D eigenvalue weighted by molar-refractivity contribution is 5.16. The largest absolute Gasteiger partial charge is 0.271 e. The van der Waals surface area contributed by atoms with Crippen LogP contribution in [0, 0.1) is 0 Å². The predicted octanol–water partition coefficient (Wildman–Crippen LogP) is 2.99. The molecule has 0 aliphatic carbocycles. The van der Waals surface area contributed by atoms with Crippen molar-refractivity contribution in [1.29, 1.82) is 0 Å². The zero-order chi connectivity index (χ0) is 15.1. The van der Waals surface area contributed by atoms with Gasteiger partial charge in [-0.15, -0.1) is 0 Å². The number of nitrogens with zero attached hydrogens (tertiary/aromatic N) is 2. The van der Waals surface area contributed by atoms with Crippen molar-refractivity contribution in [2.45, 2.75) is 52.1 Å². The van der Waals surface area contributed by atoms with Crippen LogP contribution in [0.2, 0.25) is 0 Å². The molecule has 1 atom stereocenters. The molecule has 4 heteroatoms. The third-order valence-corrected chi connectivity index (χ3v) is 3.88. The summed E-state index contributed by atoms with van der Waals surface area (Å²) >= 11 is 0. The first-order chi connectivity index (χ1) is 10.3. The van der Waals surface area contributed by atoms with Crippen LogP contribution in [0.3, 0.4) is 0 Å². The predicted molar refractivity (Wildman–Crippen MR) is 86.7 cm³/mol. The molecule has 0 amide bonds. The molecule has 0 fully saturated rings. The van der Waals surface area contributed by atoms with Crippen molar-refractivity contribution in [3.63, 3.8) is 0 Å². The van der Waals surface area contributed by atoms with Gasteiger partial charge in [0.2, 0.25) is 0 Å². The van der Waals surface area contributed by atoms with Crippen LogP contribution in [-0.2, 0) is 19.4 Å². The second-order valence-corrected chi connectivity index (χ2v) is 5.33. The number of aryl methyl sites for hydroxylation is 3. The maximum atomic E-state index is 5.77. The first-order valence-electron chi connectivity index (χ1n) is 7.85. The van der Waals surface area contributed by atoms with Crippen LogP contribution < -0.4 is 11.3 Å². The van der Waals surface area contributed by atoms with E-state index >= 15 is 0 Å². The summed E-state index contributed by atoms with van der Waals surface area (Å²) in [6.45, 7) is 5.13. The zero-order valence-electron chi connectivity index (χ0n) is 13.0. The molecule has 1 heterocycles. The number of rotatable bonds is 8. The molecular weight excluding hydrogens is 260 g/mol. The van der Waals surface area contributed by atoms with Crippen LogP contribution in [0.15, 0.2) is 36.4 Å². The minimum absolute atomic E-state index is 0.168. The summed E-state index contributed by atoms with van der Waals surface area (Å²) in [7, 11) is 0. The van der Waals surface area contributed by atoms with E-state index in [0.717, 1.165) is 37.9 Å². The maximum Gasteiger partial charge on any atom is 0.0629 e. The first-order valence-corrected chi connectivity index (χ1v) is 7.85. The van der Waals surface area contributed by atoms with Gasteiger partial charge >= 0.3 is 0 Å². The van der Waals surface area contributed by atoms with Crippen molar-refractivity contribution in [2.75, 3.05) is 0 Å². The fraction of sp³-hybridized carbons (Fsp3) is 0.471. The molecule has 1 unspecified atom stereocenters. The second kappa shape index (κ2) is 7.96. The summed E-state index contributed by atoms with van der Waals surface area (Å²) in [5.41, 5.74) is 6.67. The Labute approximate surface area is 127 Å². The Bertz CT molecular complexity index is 533. The number of nitrogens with one attached hydrogen (secondary N) is 1. The minimum Gasteiger partial charge on any atom is -0.271 e. The van der Waals surface area contributed by atoms with E-state index in [1.54, 1.807) is 0 Å². The van der Waals surface area contributed by atoms with Crippen molar-refractivity contribution in [3.8, 4) is 0 Å². The molecular formula is C17H26N4. The summed E-state index contributed by atoms with van der Waals surface area (Å²) in [6, 6.07) is 12.9. The van der Waals surface area contributed by atoms with Gasteiger partial charge in [0.25, 0.3) is 0 Å². The summed E-state index contributed by atoms with van der Waals surface area (Å²) < 4.78 is 2.06. The lowest BCUT2D eigenvalue weighted by molar-refractivity contribution is 0.455. The van der Waals surface area contributed by atoms with Crippen molar-refractivity contribution in [3.05, 3.63) is 53.3 Å². The third kappa shape index (κ3) is 4.16. The SMILES string of the molecule is CCc1cc(C(CCCc2ccccc2)NN)n(CC)n1. The van der Waals surface area contributed by atoms with Crippen molar-refractivity contribution < 1.29 is 0 Å². The lowest BCUT2D eigenvalue weighted by Crippen LogP contribution is -2.30. The molecule has 21 heavy (non-hydrogen) atoms. The van der Waals surface area contributed by atoms with Gasteiger partial charge in [0.1, 0.15) is 0 Å². The maximum absolute atomic E-state index is 5.77. The van der Waals surface area contributed by atoms with Crippen LogP contribution in [0.4, 0.5) is 0 Å². The quantitative estimate of drug-likeness (QED) is 0.579. The standard InChI is InChI=1S/C17H26N4/c1-3-15-13-17(21(4-2)20-15)16(19-18)12-8-11-14-9-6-5-7-10-14/h5-7,9-10,13,16,19H,3-4,8,11-12,18H2,1-2H3. The van der Waals surface area contributed by atoms with E-state index in [-0.39, 0.29) is 6.04 Å². The molecule has 0 bridgehead atoms. The molecule has 0 spiro atoms. The van der Waals surface area contributed by atoms with Gasteiger partial charge in [-0.2, -0.15) is 5.10 Å². The molecule has 4 nitrogen and oxygen atoms in total. The molecule has 2 rings (SSSR count). The van der Waals surface area contributed by atoms with Crippen molar-refractivity contribution in [1.82, 2.24) is 15.2 Å². The molecule has 0 aliphatic rings. The highest BCUT2D eigenvalue weighted by Crippen LogP contribution is 2.20. The second-order valence-electron chi connectivity index (χ2n) is 5.33. The fourth-order valence-corrected chi connectivity index (χ4v) is 2.66. The Hall–Kier alpha value is -1.65. The monoisotopic (exact) mass is 286 g/mol. The van der Waals surface area contributed by atoms with Crippen LogP contribution in [0.5, 0.6) is 0 Å². The number of hydrogen-bond donors (Lipinski definition) is 2. The highest BCUT2D eigenvalue weighted by atomic mass is 15.3. The van der Waals surface area contributed by atoms with Gasteiger partial charge in [-0.1, -0.05) is 37.3 Å². The third-order valence-electron chi connectivity index (χ3n) is 3.88. The van der Waals surface area contributed by atoms with E-state index in [0.29, 0.717) is 0 Å². The van der Waals surface area contributed by atoms with E-state index in [9.17, 15) is 0 Å². The van der Waals surface area contributed by atoms with Crippen molar-refractivity contribution >= 4 is 0 Å². The number of aromatic nitrogens is 2. The van der Waals surface area contributed by atoms with Crippen LogP contribution in [0.1, 0.15) is 49.7 Å². The molecule has 0 saturated carbocycles. The van der Waals surface area contributed by atoms with E-state index in [4.69, 9.17) is 5.84 Å². The van der Waals surface area contributed by atoms with Gasteiger partial charge in [-0.05, 0) is 44.2 Å². The lowest BCUT2D eigenvalue weighted by Gasteiger charge is -2.17. The Kier molecular flexibility index (Phi) is 5.96. The van der Waals surface area contributed by atoms with Crippen LogP contribution >= 0.6 is 0 Å². The van der Waals surface area contributed by atoms with Gasteiger partial charge in [-0.25, -0.2) is 0 Å². The van der Waals surface area contributed by atoms with Gasteiger partial charge in [0.05, 0.1) is 17.4 Å². The molecule has 3 N–H and O–H groups in total. The van der Waals surface area contributed by atoms with E-state index < -0.39 is 0 Å². The van der Waals surface area contributed by atoms with Crippen LogP contribution in [-0.4, -0.2) is 9.78 Å². The molecule has 0 aliphatic heterocycles. The Morgan fingerprint density at radius 1 is 1.24 bits per heavy atom. The van der Waals surface area contributed by atoms with E-state index in [2.05, 4.69) is 65.5 Å². The molecule has 1 aromatic heterocycles. The highest BCUT2D eigenvalue weighted by Gasteiger charge is 2.16. The summed E-state index contributed by atoms with van der Waals surface area (Å²) in [6.07, 6.45) is 4.16. The zero-order valence-corrected chi connectivity index (χ0v) is 13.0. The lowest BCUT2D eigenvalue weighted by atomic mass is 10.0. The summed E-state index contributed by atoms with van der Waals surface area (Å²) in [5.74, 6) is 5.77. The molecule has 2 aromatic rings. The number of hydrazine groups is 1. The average molecular weight is 286 g/mol. The average Bonchev–Trinajstić information content (AvgIpc) is 2.96. The van der Waals surface area contributed by atoms with Gasteiger partial charge in [-0.3, -0.25) is 16.0 Å². The van der Waals surface area contributed by atoms with Crippen LogP contribution in [0.25, 0.3) is 0 Å². The molecule has 0 radical (unpaired) electrons. The number of benzene rings is 1. The van der Waals surface area contributed by atoms with Crippen molar-refractivity contribution in [2.24, 2.45) is 5.84 Å². The minimum atomic E-state index is 0.168. The fourth-order valence-electron chi connectivity index (χ4n) is 2.66. The smallest absolute Gasteiger partial charge is 0.0629 e. The summed E-state index contributed by atoms with van der Waals surface area (Å²) in [4.78, 5) is 0. The Morgan fingerprint density at radius 2 is 2.00 bits per heavy atom. The van der Waals surface area contributed by atoms with E-state index in [1.807, 2.05) is 0 Å². The van der Waals surface area contributed by atoms with Gasteiger partial charge in [0, 0.05) is 6.54 Å².